The fraction of sp³-hybridized carbons (Fsp3) is 0.192. The van der Waals surface area contributed by atoms with Gasteiger partial charge in [0.05, 0.1) is 7.11 Å². The third-order valence-electron chi connectivity index (χ3n) is 5.37. The average molecular weight is 541 g/mol. The van der Waals surface area contributed by atoms with Crippen LogP contribution in [0.1, 0.15) is 21.7 Å². The number of fused-ring (bicyclic) bond motifs is 1. The second-order valence-electron chi connectivity index (χ2n) is 7.69. The van der Waals surface area contributed by atoms with Gasteiger partial charge in [-0.1, -0.05) is 41.7 Å². The molecule has 1 heterocycles. The Hall–Kier alpha value is -2.38. The molecule has 3 aromatic carbocycles. The molecule has 158 valence electrons. The standard InChI is InChI=1S/C26H26IN2OS/c1-18-5-14-24-25(15-18)31-26(29(24)17-27)16-23(20-8-12-22(30-4)13-9-20)19-6-10-21(11-7-19)28(2)3/h5-16H,17H2,1-4H3/q+1. The van der Waals surface area contributed by atoms with Crippen LogP contribution in [0.2, 0.25) is 0 Å². The highest BCUT2D eigenvalue weighted by Crippen LogP contribution is 2.31. The number of halogens is 1. The number of thiazole rings is 1. The van der Waals surface area contributed by atoms with Gasteiger partial charge in [0.15, 0.2) is 4.55 Å². The Kier molecular flexibility index (Phi) is 6.62. The number of anilines is 1. The zero-order valence-electron chi connectivity index (χ0n) is 18.2. The van der Waals surface area contributed by atoms with E-state index >= 15 is 0 Å². The van der Waals surface area contributed by atoms with E-state index in [4.69, 9.17) is 4.74 Å². The van der Waals surface area contributed by atoms with E-state index in [1.54, 1.807) is 7.11 Å². The molecule has 4 aromatic rings. The molecule has 0 atom stereocenters. The van der Waals surface area contributed by atoms with Crippen LogP contribution >= 0.6 is 33.9 Å². The highest BCUT2D eigenvalue weighted by atomic mass is 127. The van der Waals surface area contributed by atoms with Crippen LogP contribution in [0.25, 0.3) is 21.9 Å². The van der Waals surface area contributed by atoms with Gasteiger partial charge in [0.1, 0.15) is 10.4 Å². The van der Waals surface area contributed by atoms with Crippen LogP contribution in [0.15, 0.2) is 66.7 Å². The smallest absolute Gasteiger partial charge is 0.264 e. The maximum Gasteiger partial charge on any atom is 0.264 e. The SMILES string of the molecule is COc1ccc(/C(=C/c2sc3cc(C)ccc3[n+]2CI)c2ccc(N(C)C)cc2)cc1. The van der Waals surface area contributed by atoms with Gasteiger partial charge in [-0.25, -0.2) is 0 Å². The maximum atomic E-state index is 5.37. The van der Waals surface area contributed by atoms with E-state index in [9.17, 15) is 0 Å². The first-order chi connectivity index (χ1) is 15.0. The molecule has 1 aromatic heterocycles. The Labute approximate surface area is 201 Å². The van der Waals surface area contributed by atoms with Crippen LogP contribution in [0.3, 0.4) is 0 Å². The Balaban J connectivity index is 1.89. The molecule has 0 spiro atoms. The van der Waals surface area contributed by atoms with Crippen LogP contribution < -0.4 is 14.2 Å². The van der Waals surface area contributed by atoms with Crippen LogP contribution in [0.4, 0.5) is 5.69 Å². The third kappa shape index (κ3) is 4.62. The summed E-state index contributed by atoms with van der Waals surface area (Å²) in [5.41, 5.74) is 7.34. The highest BCUT2D eigenvalue weighted by molar-refractivity contribution is 14.1. The third-order valence-corrected chi connectivity index (χ3v) is 7.15. The molecule has 31 heavy (non-hydrogen) atoms. The van der Waals surface area contributed by atoms with E-state index in [0.29, 0.717) is 0 Å². The van der Waals surface area contributed by atoms with Gasteiger partial charge < -0.3 is 9.64 Å². The molecule has 0 N–H and O–H groups in total. The fourth-order valence-electron chi connectivity index (χ4n) is 3.61. The normalized spacial score (nSPS) is 11.7. The quantitative estimate of drug-likeness (QED) is 0.156. The minimum Gasteiger partial charge on any atom is -0.497 e. The molecule has 0 radical (unpaired) electrons. The number of aromatic nitrogens is 1. The predicted octanol–water partition coefficient (Wildman–Crippen LogP) is 6.55. The van der Waals surface area contributed by atoms with Crippen LogP contribution in [0.5, 0.6) is 5.75 Å². The lowest BCUT2D eigenvalue weighted by atomic mass is 9.97. The molecule has 0 fully saturated rings. The first kappa shape index (κ1) is 21.8. The number of methoxy groups -OCH3 is 1. The molecule has 0 aliphatic rings. The van der Waals surface area contributed by atoms with Crippen molar-refractivity contribution in [3.63, 3.8) is 0 Å². The molecule has 0 aliphatic heterocycles. The maximum absolute atomic E-state index is 5.37. The van der Waals surface area contributed by atoms with Gasteiger partial charge in [-0.05, 0) is 82.1 Å². The van der Waals surface area contributed by atoms with E-state index in [2.05, 4.69) is 114 Å². The van der Waals surface area contributed by atoms with Gasteiger partial charge in [-0.15, -0.1) is 0 Å². The minimum atomic E-state index is 0.866. The minimum absolute atomic E-state index is 0.866. The molecule has 0 aliphatic carbocycles. The molecule has 0 saturated heterocycles. The molecule has 0 amide bonds. The molecule has 0 saturated carbocycles. The number of nitrogens with zero attached hydrogens (tertiary/aromatic N) is 2. The topological polar surface area (TPSA) is 16.4 Å². The zero-order chi connectivity index (χ0) is 22.0. The number of benzene rings is 3. The second kappa shape index (κ2) is 9.40. The van der Waals surface area contributed by atoms with Crippen LogP contribution in [-0.4, -0.2) is 21.2 Å². The predicted molar refractivity (Wildman–Crippen MR) is 142 cm³/mol. The van der Waals surface area contributed by atoms with Gasteiger partial charge in [-0.3, -0.25) is 0 Å². The molecule has 5 heteroatoms. The van der Waals surface area contributed by atoms with Crippen molar-refractivity contribution in [3.8, 4) is 5.75 Å². The van der Waals surface area contributed by atoms with Crippen molar-refractivity contribution in [1.29, 1.82) is 0 Å². The summed E-state index contributed by atoms with van der Waals surface area (Å²) in [6.45, 7) is 2.15. The van der Waals surface area contributed by atoms with Crippen molar-refractivity contribution < 1.29 is 9.30 Å². The lowest BCUT2D eigenvalue weighted by Crippen LogP contribution is -2.32. The Morgan fingerprint density at radius 2 is 1.65 bits per heavy atom. The summed E-state index contributed by atoms with van der Waals surface area (Å²) in [4.78, 5) is 2.12. The van der Waals surface area contributed by atoms with Crippen LogP contribution in [0, 0.1) is 6.92 Å². The van der Waals surface area contributed by atoms with Crippen molar-refractivity contribution in [2.45, 2.75) is 11.5 Å². The summed E-state index contributed by atoms with van der Waals surface area (Å²) in [5, 5.41) is 1.25. The Morgan fingerprint density at radius 3 is 2.23 bits per heavy atom. The number of hydrogen-bond donors (Lipinski definition) is 0. The van der Waals surface area contributed by atoms with Crippen molar-refractivity contribution in [1.82, 2.24) is 0 Å². The summed E-state index contributed by atoms with van der Waals surface area (Å²) in [6.07, 6.45) is 2.32. The molecular formula is C26H26IN2OS+. The average Bonchev–Trinajstić information content (AvgIpc) is 3.13. The number of alkyl halides is 1. The first-order valence-electron chi connectivity index (χ1n) is 10.1. The second-order valence-corrected chi connectivity index (χ2v) is 9.43. The van der Waals surface area contributed by atoms with Gasteiger partial charge in [0.25, 0.3) is 5.01 Å². The number of hydrogen-bond acceptors (Lipinski definition) is 3. The van der Waals surface area contributed by atoms with Crippen molar-refractivity contribution in [2.24, 2.45) is 0 Å². The summed E-state index contributed by atoms with van der Waals surface area (Å²) in [7, 11) is 5.84. The lowest BCUT2D eigenvalue weighted by Gasteiger charge is -2.14. The summed E-state index contributed by atoms with van der Waals surface area (Å²) >= 11 is 4.29. The summed E-state index contributed by atoms with van der Waals surface area (Å²) in [5.74, 6) is 0.866. The molecule has 4 rings (SSSR count). The monoisotopic (exact) mass is 541 g/mol. The van der Waals surface area contributed by atoms with E-state index in [1.165, 1.54) is 43.2 Å². The van der Waals surface area contributed by atoms with Crippen molar-refractivity contribution in [3.05, 3.63) is 88.4 Å². The molecule has 0 bridgehead atoms. The van der Waals surface area contributed by atoms with Gasteiger partial charge >= 0.3 is 0 Å². The molecule has 3 nitrogen and oxygen atoms in total. The number of aryl methyl sites for hydroxylation is 1. The summed E-state index contributed by atoms with van der Waals surface area (Å²) in [6, 6.07) is 23.8. The largest absolute Gasteiger partial charge is 0.497 e. The Morgan fingerprint density at radius 1 is 1.00 bits per heavy atom. The lowest BCUT2D eigenvalue weighted by molar-refractivity contribution is -0.641. The van der Waals surface area contributed by atoms with E-state index in [0.717, 1.165) is 10.3 Å². The zero-order valence-corrected chi connectivity index (χ0v) is 21.2. The molecular weight excluding hydrogens is 515 g/mol. The van der Waals surface area contributed by atoms with E-state index in [1.807, 2.05) is 23.5 Å². The van der Waals surface area contributed by atoms with E-state index in [-0.39, 0.29) is 0 Å². The van der Waals surface area contributed by atoms with E-state index < -0.39 is 0 Å². The fourth-order valence-corrected chi connectivity index (χ4v) is 5.78. The van der Waals surface area contributed by atoms with Gasteiger partial charge in [0.2, 0.25) is 5.52 Å². The van der Waals surface area contributed by atoms with Gasteiger partial charge in [-0.2, -0.15) is 4.57 Å². The highest BCUT2D eigenvalue weighted by Gasteiger charge is 2.19. The van der Waals surface area contributed by atoms with Crippen LogP contribution in [-0.2, 0) is 4.55 Å². The number of ether oxygens (including phenoxy) is 1. The Bertz CT molecular complexity index is 1220. The van der Waals surface area contributed by atoms with Crippen molar-refractivity contribution >= 4 is 61.5 Å². The van der Waals surface area contributed by atoms with Crippen molar-refractivity contribution in [2.75, 3.05) is 26.1 Å². The van der Waals surface area contributed by atoms with Gasteiger partial charge in [0, 0.05) is 31.9 Å². The molecule has 0 unspecified atom stereocenters. The summed E-state index contributed by atoms with van der Waals surface area (Å²) < 4.78 is 9.99. The first-order valence-corrected chi connectivity index (χ1v) is 12.5. The number of rotatable bonds is 6.